The second kappa shape index (κ2) is 6.48. The van der Waals surface area contributed by atoms with Crippen molar-refractivity contribution in [3.05, 3.63) is 29.3 Å². The molecule has 2 N–H and O–H groups in total. The molecule has 0 bridgehead atoms. The fourth-order valence-electron chi connectivity index (χ4n) is 2.58. The smallest absolute Gasteiger partial charge is 0.119 e. The molecule has 100 valence electrons. The Morgan fingerprint density at radius 2 is 2.11 bits per heavy atom. The number of methoxy groups -OCH3 is 1. The molecule has 0 aromatic heterocycles. The molecule has 2 rings (SSSR count). The Balaban J connectivity index is 1.93. The Morgan fingerprint density at radius 3 is 2.72 bits per heavy atom. The van der Waals surface area contributed by atoms with Gasteiger partial charge in [0, 0.05) is 17.0 Å². The normalized spacial score (nSPS) is 17.9. The molecule has 1 atom stereocenters. The highest BCUT2D eigenvalue weighted by molar-refractivity contribution is 7.99. The molecule has 2 nitrogen and oxygen atoms in total. The van der Waals surface area contributed by atoms with Crippen LogP contribution in [0, 0.1) is 6.92 Å². The Kier molecular flexibility index (Phi) is 4.95. The second-order valence-electron chi connectivity index (χ2n) is 5.07. The number of benzene rings is 1. The molecule has 1 aliphatic carbocycles. The lowest BCUT2D eigenvalue weighted by molar-refractivity contribution is 0.414. The van der Waals surface area contributed by atoms with Crippen LogP contribution < -0.4 is 10.5 Å². The highest BCUT2D eigenvalue weighted by Gasteiger charge is 2.17. The minimum atomic E-state index is 0.140. The second-order valence-corrected chi connectivity index (χ2v) is 6.40. The Bertz CT molecular complexity index is 388. The number of nitrogens with two attached hydrogens (primary N) is 1. The van der Waals surface area contributed by atoms with Crippen LogP contribution in [0.1, 0.15) is 42.9 Å². The van der Waals surface area contributed by atoms with Crippen molar-refractivity contribution in [2.45, 2.75) is 43.9 Å². The number of rotatable bonds is 5. The van der Waals surface area contributed by atoms with E-state index in [9.17, 15) is 0 Å². The first-order valence-electron chi connectivity index (χ1n) is 6.72. The predicted octanol–water partition coefficient (Wildman–Crippen LogP) is 3.68. The van der Waals surface area contributed by atoms with Crippen LogP contribution in [0.4, 0.5) is 0 Å². The van der Waals surface area contributed by atoms with Crippen LogP contribution in [0.15, 0.2) is 18.2 Å². The van der Waals surface area contributed by atoms with Crippen molar-refractivity contribution in [1.29, 1.82) is 0 Å². The topological polar surface area (TPSA) is 35.2 Å². The largest absolute Gasteiger partial charge is 0.497 e. The first-order valence-corrected chi connectivity index (χ1v) is 7.77. The standard InChI is InChI=1S/C15H23NOS/c1-11-9-12(17-2)7-8-14(11)15(16)10-18-13-5-3-4-6-13/h7-9,13,15H,3-6,10,16H2,1-2H3. The molecule has 0 amide bonds. The van der Waals surface area contributed by atoms with Crippen LogP contribution in [-0.2, 0) is 0 Å². The summed E-state index contributed by atoms with van der Waals surface area (Å²) in [6, 6.07) is 6.31. The van der Waals surface area contributed by atoms with Crippen molar-refractivity contribution in [2.75, 3.05) is 12.9 Å². The van der Waals surface area contributed by atoms with E-state index in [-0.39, 0.29) is 6.04 Å². The van der Waals surface area contributed by atoms with Gasteiger partial charge in [-0.15, -0.1) is 0 Å². The van der Waals surface area contributed by atoms with Gasteiger partial charge in [0.2, 0.25) is 0 Å². The van der Waals surface area contributed by atoms with Gasteiger partial charge in [0.25, 0.3) is 0 Å². The van der Waals surface area contributed by atoms with Gasteiger partial charge in [-0.3, -0.25) is 0 Å². The third-order valence-corrected chi connectivity index (χ3v) is 5.18. The molecule has 1 aliphatic rings. The monoisotopic (exact) mass is 265 g/mol. The van der Waals surface area contributed by atoms with Crippen LogP contribution in [0.25, 0.3) is 0 Å². The minimum Gasteiger partial charge on any atom is -0.497 e. The van der Waals surface area contributed by atoms with Gasteiger partial charge in [0.1, 0.15) is 5.75 Å². The highest BCUT2D eigenvalue weighted by Crippen LogP contribution is 2.32. The summed E-state index contributed by atoms with van der Waals surface area (Å²) in [5.41, 5.74) is 8.79. The molecule has 1 aromatic carbocycles. The van der Waals surface area contributed by atoms with Crippen molar-refractivity contribution in [3.63, 3.8) is 0 Å². The predicted molar refractivity (Wildman–Crippen MR) is 79.4 cm³/mol. The Labute approximate surface area is 114 Å². The Morgan fingerprint density at radius 1 is 1.39 bits per heavy atom. The molecule has 0 aliphatic heterocycles. The third kappa shape index (κ3) is 3.42. The maximum absolute atomic E-state index is 6.30. The zero-order valence-corrected chi connectivity index (χ0v) is 12.1. The number of hydrogen-bond acceptors (Lipinski definition) is 3. The zero-order chi connectivity index (χ0) is 13.0. The summed E-state index contributed by atoms with van der Waals surface area (Å²) in [6.45, 7) is 2.11. The maximum Gasteiger partial charge on any atom is 0.119 e. The van der Waals surface area contributed by atoms with Crippen molar-refractivity contribution >= 4 is 11.8 Å². The summed E-state index contributed by atoms with van der Waals surface area (Å²) in [5, 5.41) is 0.842. The van der Waals surface area contributed by atoms with Crippen molar-refractivity contribution in [2.24, 2.45) is 5.73 Å². The lowest BCUT2D eigenvalue weighted by Crippen LogP contribution is -2.16. The van der Waals surface area contributed by atoms with E-state index in [0.717, 1.165) is 16.8 Å². The molecule has 0 radical (unpaired) electrons. The van der Waals surface area contributed by atoms with E-state index in [4.69, 9.17) is 10.5 Å². The van der Waals surface area contributed by atoms with Crippen LogP contribution in [-0.4, -0.2) is 18.1 Å². The Hall–Kier alpha value is -0.670. The average molecular weight is 265 g/mol. The zero-order valence-electron chi connectivity index (χ0n) is 11.3. The molecule has 0 spiro atoms. The molecule has 1 saturated carbocycles. The molecule has 1 unspecified atom stereocenters. The summed E-state index contributed by atoms with van der Waals surface area (Å²) < 4.78 is 5.22. The van der Waals surface area contributed by atoms with Gasteiger partial charge in [0.15, 0.2) is 0 Å². The average Bonchev–Trinajstić information content (AvgIpc) is 2.88. The first kappa shape index (κ1) is 13.8. The highest BCUT2D eigenvalue weighted by atomic mass is 32.2. The van der Waals surface area contributed by atoms with Crippen molar-refractivity contribution < 1.29 is 4.74 Å². The fourth-order valence-corrected chi connectivity index (χ4v) is 3.90. The molecule has 1 aromatic rings. The number of thioether (sulfide) groups is 1. The number of aryl methyl sites for hydroxylation is 1. The van der Waals surface area contributed by atoms with Gasteiger partial charge >= 0.3 is 0 Å². The number of ether oxygens (including phenoxy) is 1. The van der Waals surface area contributed by atoms with Crippen LogP contribution >= 0.6 is 11.8 Å². The molecule has 18 heavy (non-hydrogen) atoms. The first-order chi connectivity index (χ1) is 8.70. The molecular formula is C15H23NOS. The lowest BCUT2D eigenvalue weighted by Gasteiger charge is -2.17. The fraction of sp³-hybridized carbons (Fsp3) is 0.600. The summed E-state index contributed by atoms with van der Waals surface area (Å²) in [7, 11) is 1.70. The van der Waals surface area contributed by atoms with Crippen LogP contribution in [0.2, 0.25) is 0 Å². The molecule has 0 saturated heterocycles. The summed E-state index contributed by atoms with van der Waals surface area (Å²) in [4.78, 5) is 0. The quantitative estimate of drug-likeness (QED) is 0.882. The van der Waals surface area contributed by atoms with Gasteiger partial charge < -0.3 is 10.5 Å². The lowest BCUT2D eigenvalue weighted by atomic mass is 10.0. The molecule has 3 heteroatoms. The van der Waals surface area contributed by atoms with Crippen LogP contribution in [0.3, 0.4) is 0 Å². The van der Waals surface area contributed by atoms with Gasteiger partial charge in [-0.25, -0.2) is 0 Å². The van der Waals surface area contributed by atoms with Crippen molar-refractivity contribution in [1.82, 2.24) is 0 Å². The van der Waals surface area contributed by atoms with E-state index < -0.39 is 0 Å². The van der Waals surface area contributed by atoms with Crippen molar-refractivity contribution in [3.8, 4) is 5.75 Å². The number of hydrogen-bond donors (Lipinski definition) is 1. The summed E-state index contributed by atoms with van der Waals surface area (Å²) in [6.07, 6.45) is 5.54. The molecule has 1 fully saturated rings. The van der Waals surface area contributed by atoms with Gasteiger partial charge in [-0.1, -0.05) is 18.9 Å². The van der Waals surface area contributed by atoms with E-state index >= 15 is 0 Å². The summed E-state index contributed by atoms with van der Waals surface area (Å²) >= 11 is 2.05. The van der Waals surface area contributed by atoms with Crippen LogP contribution in [0.5, 0.6) is 5.75 Å². The minimum absolute atomic E-state index is 0.140. The SMILES string of the molecule is COc1ccc(C(N)CSC2CCCC2)c(C)c1. The van der Waals surface area contributed by atoms with E-state index in [1.54, 1.807) is 7.11 Å². The van der Waals surface area contributed by atoms with Gasteiger partial charge in [0.05, 0.1) is 7.11 Å². The van der Waals surface area contributed by atoms with E-state index in [1.165, 1.54) is 36.8 Å². The molecule has 0 heterocycles. The van der Waals surface area contributed by atoms with Gasteiger partial charge in [-0.05, 0) is 43.0 Å². The maximum atomic E-state index is 6.30. The van der Waals surface area contributed by atoms with Gasteiger partial charge in [-0.2, -0.15) is 11.8 Å². The summed E-state index contributed by atoms with van der Waals surface area (Å²) in [5.74, 6) is 1.93. The van der Waals surface area contributed by atoms with E-state index in [0.29, 0.717) is 0 Å². The molecular weight excluding hydrogens is 242 g/mol. The van der Waals surface area contributed by atoms with E-state index in [1.807, 2.05) is 17.8 Å². The van der Waals surface area contributed by atoms with E-state index in [2.05, 4.69) is 19.1 Å². The third-order valence-electron chi connectivity index (χ3n) is 3.69.